The van der Waals surface area contributed by atoms with Gasteiger partial charge in [-0.2, -0.15) is 0 Å². The number of anilines is 2. The SMILES string of the molecule is Cc1nc(CNC(=O)c2ccc(Nc3ccccc3)c([N+](=O)[O-])c2)oc1C. The van der Waals surface area contributed by atoms with Gasteiger partial charge in [0.25, 0.3) is 11.6 Å². The van der Waals surface area contributed by atoms with Crippen molar-refractivity contribution in [3.05, 3.63) is 81.6 Å². The molecule has 1 heterocycles. The summed E-state index contributed by atoms with van der Waals surface area (Å²) < 4.78 is 5.40. The van der Waals surface area contributed by atoms with Crippen molar-refractivity contribution in [3.8, 4) is 0 Å². The fourth-order valence-corrected chi connectivity index (χ4v) is 2.48. The Morgan fingerprint density at radius 2 is 1.93 bits per heavy atom. The molecule has 3 rings (SSSR count). The number of rotatable bonds is 6. The molecule has 1 aromatic heterocycles. The van der Waals surface area contributed by atoms with Gasteiger partial charge in [0.2, 0.25) is 5.89 Å². The lowest BCUT2D eigenvalue weighted by Gasteiger charge is -2.09. The Labute approximate surface area is 155 Å². The van der Waals surface area contributed by atoms with Crippen LogP contribution in [0.1, 0.15) is 27.7 Å². The van der Waals surface area contributed by atoms with Crippen LogP contribution in [0.3, 0.4) is 0 Å². The molecule has 0 saturated carbocycles. The molecule has 0 spiro atoms. The van der Waals surface area contributed by atoms with E-state index >= 15 is 0 Å². The average molecular weight is 366 g/mol. The lowest BCUT2D eigenvalue weighted by atomic mass is 10.1. The summed E-state index contributed by atoms with van der Waals surface area (Å²) in [5.41, 5.74) is 1.77. The molecule has 8 nitrogen and oxygen atoms in total. The largest absolute Gasteiger partial charge is 0.444 e. The molecule has 2 N–H and O–H groups in total. The predicted molar refractivity (Wildman–Crippen MR) is 100.0 cm³/mol. The molecule has 0 bridgehead atoms. The van der Waals surface area contributed by atoms with E-state index in [4.69, 9.17) is 4.42 Å². The van der Waals surface area contributed by atoms with Crippen molar-refractivity contribution in [2.24, 2.45) is 0 Å². The van der Waals surface area contributed by atoms with Gasteiger partial charge in [-0.15, -0.1) is 0 Å². The van der Waals surface area contributed by atoms with E-state index in [0.29, 0.717) is 23.0 Å². The summed E-state index contributed by atoms with van der Waals surface area (Å²) in [5.74, 6) is 0.624. The number of aromatic nitrogens is 1. The molecule has 138 valence electrons. The lowest BCUT2D eigenvalue weighted by molar-refractivity contribution is -0.383. The van der Waals surface area contributed by atoms with Crippen LogP contribution in [-0.4, -0.2) is 15.8 Å². The van der Waals surface area contributed by atoms with E-state index in [9.17, 15) is 14.9 Å². The third-order valence-electron chi connectivity index (χ3n) is 3.98. The Bertz CT molecular complexity index is 963. The quantitative estimate of drug-likeness (QED) is 0.506. The molecule has 0 fully saturated rings. The van der Waals surface area contributed by atoms with Gasteiger partial charge in [-0.1, -0.05) is 18.2 Å². The minimum Gasteiger partial charge on any atom is -0.444 e. The van der Waals surface area contributed by atoms with Crippen LogP contribution in [0.2, 0.25) is 0 Å². The molecule has 0 aliphatic heterocycles. The zero-order chi connectivity index (χ0) is 19.4. The van der Waals surface area contributed by atoms with E-state index in [2.05, 4.69) is 15.6 Å². The second-order valence-corrected chi connectivity index (χ2v) is 5.91. The molecule has 0 atom stereocenters. The molecule has 0 saturated heterocycles. The van der Waals surface area contributed by atoms with E-state index in [1.807, 2.05) is 25.1 Å². The molecule has 0 unspecified atom stereocenters. The number of nitro groups is 1. The van der Waals surface area contributed by atoms with Crippen LogP contribution in [0.4, 0.5) is 17.1 Å². The summed E-state index contributed by atoms with van der Waals surface area (Å²) in [5, 5.41) is 17.1. The smallest absolute Gasteiger partial charge is 0.293 e. The average Bonchev–Trinajstić information content (AvgIpc) is 2.98. The number of aryl methyl sites for hydroxylation is 2. The van der Waals surface area contributed by atoms with Crippen LogP contribution >= 0.6 is 0 Å². The number of nitrogens with zero attached hydrogens (tertiary/aromatic N) is 2. The molecule has 1 amide bonds. The maximum Gasteiger partial charge on any atom is 0.293 e. The van der Waals surface area contributed by atoms with Crippen molar-refractivity contribution in [2.75, 3.05) is 5.32 Å². The third kappa shape index (κ3) is 4.30. The van der Waals surface area contributed by atoms with Gasteiger partial charge in [0.05, 0.1) is 17.2 Å². The first-order valence-corrected chi connectivity index (χ1v) is 8.25. The summed E-state index contributed by atoms with van der Waals surface area (Å²) in [6.45, 7) is 3.70. The summed E-state index contributed by atoms with van der Waals surface area (Å²) >= 11 is 0. The molecule has 8 heteroatoms. The Hall–Kier alpha value is -3.68. The molecule has 0 radical (unpaired) electrons. The van der Waals surface area contributed by atoms with E-state index in [1.54, 1.807) is 19.1 Å². The van der Waals surface area contributed by atoms with Crippen molar-refractivity contribution >= 4 is 23.0 Å². The molecule has 27 heavy (non-hydrogen) atoms. The zero-order valence-corrected chi connectivity index (χ0v) is 14.9. The number of carbonyl (C=O) groups is 1. The summed E-state index contributed by atoms with van der Waals surface area (Å²) in [7, 11) is 0. The Morgan fingerprint density at radius 3 is 2.56 bits per heavy atom. The first-order valence-electron chi connectivity index (χ1n) is 8.25. The van der Waals surface area contributed by atoms with Crippen LogP contribution in [0, 0.1) is 24.0 Å². The van der Waals surface area contributed by atoms with Crippen molar-refractivity contribution in [2.45, 2.75) is 20.4 Å². The summed E-state index contributed by atoms with van der Waals surface area (Å²) in [6, 6.07) is 13.4. The fourth-order valence-electron chi connectivity index (χ4n) is 2.48. The monoisotopic (exact) mass is 366 g/mol. The van der Waals surface area contributed by atoms with Crippen molar-refractivity contribution < 1.29 is 14.1 Å². The Morgan fingerprint density at radius 1 is 1.19 bits per heavy atom. The zero-order valence-electron chi connectivity index (χ0n) is 14.9. The molecule has 2 aromatic carbocycles. The minimum atomic E-state index is -0.525. The highest BCUT2D eigenvalue weighted by atomic mass is 16.6. The fraction of sp³-hybridized carbons (Fsp3) is 0.158. The first kappa shape index (κ1) is 18.1. The maximum atomic E-state index is 12.3. The van der Waals surface area contributed by atoms with E-state index < -0.39 is 10.8 Å². The van der Waals surface area contributed by atoms with Crippen molar-refractivity contribution in [3.63, 3.8) is 0 Å². The number of carbonyl (C=O) groups excluding carboxylic acids is 1. The molecular weight excluding hydrogens is 348 g/mol. The first-order chi connectivity index (χ1) is 12.9. The summed E-state index contributed by atoms with van der Waals surface area (Å²) in [4.78, 5) is 27.4. The number of nitrogens with one attached hydrogen (secondary N) is 2. The number of hydrogen-bond acceptors (Lipinski definition) is 6. The molecule has 0 aliphatic rings. The highest BCUT2D eigenvalue weighted by Gasteiger charge is 2.18. The topological polar surface area (TPSA) is 110 Å². The van der Waals surface area contributed by atoms with Crippen molar-refractivity contribution in [1.82, 2.24) is 10.3 Å². The minimum absolute atomic E-state index is 0.103. The van der Waals surface area contributed by atoms with Crippen LogP contribution in [0.5, 0.6) is 0 Å². The number of oxazole rings is 1. The normalized spacial score (nSPS) is 10.4. The molecule has 0 aliphatic carbocycles. The van der Waals surface area contributed by atoms with Crippen molar-refractivity contribution in [1.29, 1.82) is 0 Å². The van der Waals surface area contributed by atoms with Crippen LogP contribution in [-0.2, 0) is 6.54 Å². The van der Waals surface area contributed by atoms with Gasteiger partial charge in [0.15, 0.2) is 0 Å². The van der Waals surface area contributed by atoms with Crippen LogP contribution in [0.25, 0.3) is 0 Å². The molecular formula is C19H18N4O4. The second kappa shape index (κ2) is 7.69. The Balaban J connectivity index is 1.76. The Kier molecular flexibility index (Phi) is 5.16. The van der Waals surface area contributed by atoms with Crippen LogP contribution < -0.4 is 10.6 Å². The standard InChI is InChI=1S/C19H18N4O4/c1-12-13(2)27-18(21-12)11-20-19(24)14-8-9-16(17(10-14)23(25)26)22-15-6-4-3-5-7-15/h3-10,22H,11H2,1-2H3,(H,20,24). The number of nitro benzene ring substituents is 1. The highest BCUT2D eigenvalue weighted by molar-refractivity contribution is 5.95. The van der Waals surface area contributed by atoms with E-state index in [1.165, 1.54) is 18.2 Å². The van der Waals surface area contributed by atoms with Gasteiger partial charge in [0, 0.05) is 17.3 Å². The third-order valence-corrected chi connectivity index (χ3v) is 3.98. The maximum absolute atomic E-state index is 12.3. The second-order valence-electron chi connectivity index (χ2n) is 5.91. The van der Waals surface area contributed by atoms with Gasteiger partial charge >= 0.3 is 0 Å². The predicted octanol–water partition coefficient (Wildman–Crippen LogP) is 3.87. The van der Waals surface area contributed by atoms with Gasteiger partial charge in [-0.05, 0) is 38.1 Å². The van der Waals surface area contributed by atoms with E-state index in [0.717, 1.165) is 5.69 Å². The lowest BCUT2D eigenvalue weighted by Crippen LogP contribution is -2.23. The molecule has 3 aromatic rings. The number of benzene rings is 2. The summed E-state index contributed by atoms with van der Waals surface area (Å²) in [6.07, 6.45) is 0. The number of para-hydroxylation sites is 1. The van der Waals surface area contributed by atoms with Gasteiger partial charge in [0.1, 0.15) is 11.4 Å². The number of hydrogen-bond donors (Lipinski definition) is 2. The van der Waals surface area contributed by atoms with E-state index in [-0.39, 0.29) is 17.8 Å². The van der Waals surface area contributed by atoms with Gasteiger partial charge in [-0.3, -0.25) is 14.9 Å². The van der Waals surface area contributed by atoms with Gasteiger partial charge < -0.3 is 15.1 Å². The van der Waals surface area contributed by atoms with Gasteiger partial charge in [-0.25, -0.2) is 4.98 Å². The van der Waals surface area contributed by atoms with Crippen LogP contribution in [0.15, 0.2) is 52.9 Å². The highest BCUT2D eigenvalue weighted by Crippen LogP contribution is 2.28. The number of amides is 1.